The molecule has 1 saturated heterocycles. The Morgan fingerprint density at radius 3 is 1.97 bits per heavy atom. The highest BCUT2D eigenvalue weighted by Crippen LogP contribution is 2.33. The van der Waals surface area contributed by atoms with Gasteiger partial charge in [-0.25, -0.2) is 0 Å². The summed E-state index contributed by atoms with van der Waals surface area (Å²) in [5, 5.41) is 0. The van der Waals surface area contributed by atoms with Gasteiger partial charge in [0.15, 0.2) is 6.29 Å². The lowest BCUT2D eigenvalue weighted by Crippen LogP contribution is -2.34. The average Bonchev–Trinajstić information content (AvgIpc) is 2.87. The molecule has 0 amide bonds. The molecule has 0 aromatic heterocycles. The quantitative estimate of drug-likeness (QED) is 0.245. The van der Waals surface area contributed by atoms with Gasteiger partial charge in [0.05, 0.1) is 19.3 Å². The first-order valence-corrected chi connectivity index (χ1v) is 13.8. The largest absolute Gasteiger partial charge is 0.494 e. The van der Waals surface area contributed by atoms with Gasteiger partial charge in [-0.15, -0.1) is 0 Å². The second kappa shape index (κ2) is 15.2. The van der Waals surface area contributed by atoms with Gasteiger partial charge in [-0.2, -0.15) is 0 Å². The second-order valence-electron chi connectivity index (χ2n) is 9.88. The van der Waals surface area contributed by atoms with Crippen molar-refractivity contribution in [3.8, 4) is 16.9 Å². The fraction of sp³-hybridized carbons (Fsp3) is 0.613. The van der Waals surface area contributed by atoms with Crippen LogP contribution in [0.2, 0.25) is 0 Å². The van der Waals surface area contributed by atoms with Crippen LogP contribution >= 0.6 is 0 Å². The van der Waals surface area contributed by atoms with Gasteiger partial charge in [-0.1, -0.05) is 108 Å². The van der Waals surface area contributed by atoms with Crippen molar-refractivity contribution in [2.24, 2.45) is 5.92 Å². The fourth-order valence-electron chi connectivity index (χ4n) is 4.67. The van der Waals surface area contributed by atoms with Crippen LogP contribution in [0.1, 0.15) is 103 Å². The van der Waals surface area contributed by atoms with E-state index in [0.29, 0.717) is 5.92 Å². The van der Waals surface area contributed by atoms with Crippen molar-refractivity contribution >= 4 is 0 Å². The Morgan fingerprint density at radius 1 is 0.735 bits per heavy atom. The Balaban J connectivity index is 1.43. The zero-order chi connectivity index (χ0) is 24.0. The third kappa shape index (κ3) is 8.74. The maximum absolute atomic E-state index is 6.27. The van der Waals surface area contributed by atoms with Crippen LogP contribution in [0.4, 0.5) is 0 Å². The van der Waals surface area contributed by atoms with E-state index in [1.54, 1.807) is 0 Å². The Kier molecular flexibility index (Phi) is 12.0. The molecule has 1 heterocycles. The molecule has 3 atom stereocenters. The third-order valence-corrected chi connectivity index (χ3v) is 7.03. The molecule has 2 aromatic carbocycles. The molecule has 0 bridgehead atoms. The molecule has 3 heteroatoms. The molecule has 2 aromatic rings. The van der Waals surface area contributed by atoms with Crippen LogP contribution in [-0.4, -0.2) is 19.3 Å². The minimum atomic E-state index is -0.256. The molecule has 0 aliphatic carbocycles. The SMILES string of the molecule is CCCCCCCC[C@@H]1CO[C@@H](c2ccc(-c3ccc(OCCCCCC)cc3)cc2)O[C@H]1C. The minimum absolute atomic E-state index is 0.239. The van der Waals surface area contributed by atoms with Crippen molar-refractivity contribution in [3.05, 3.63) is 54.1 Å². The number of rotatable bonds is 15. The molecule has 1 aliphatic heterocycles. The van der Waals surface area contributed by atoms with Crippen molar-refractivity contribution in [1.82, 2.24) is 0 Å². The number of hydrogen-bond acceptors (Lipinski definition) is 3. The van der Waals surface area contributed by atoms with Crippen molar-refractivity contribution in [2.75, 3.05) is 13.2 Å². The van der Waals surface area contributed by atoms with Crippen molar-refractivity contribution in [2.45, 2.75) is 104 Å². The monoisotopic (exact) mass is 466 g/mol. The summed E-state index contributed by atoms with van der Waals surface area (Å²) in [7, 11) is 0. The lowest BCUT2D eigenvalue weighted by molar-refractivity contribution is -0.237. The van der Waals surface area contributed by atoms with Crippen LogP contribution in [0.15, 0.2) is 48.5 Å². The first-order chi connectivity index (χ1) is 16.7. The second-order valence-corrected chi connectivity index (χ2v) is 9.88. The number of hydrogen-bond donors (Lipinski definition) is 0. The van der Waals surface area contributed by atoms with Crippen LogP contribution in [-0.2, 0) is 9.47 Å². The summed E-state index contributed by atoms with van der Waals surface area (Å²) >= 11 is 0. The Bertz CT molecular complexity index is 783. The van der Waals surface area contributed by atoms with Crippen molar-refractivity contribution in [3.63, 3.8) is 0 Å². The first-order valence-electron chi connectivity index (χ1n) is 13.8. The van der Waals surface area contributed by atoms with Crippen LogP contribution in [0.25, 0.3) is 11.1 Å². The maximum atomic E-state index is 6.27. The fourth-order valence-corrected chi connectivity index (χ4v) is 4.67. The van der Waals surface area contributed by atoms with E-state index >= 15 is 0 Å². The zero-order valence-corrected chi connectivity index (χ0v) is 21.8. The lowest BCUT2D eigenvalue weighted by atomic mass is 9.95. The van der Waals surface area contributed by atoms with E-state index in [-0.39, 0.29) is 12.4 Å². The standard InChI is InChI=1S/C31H46O3/c1-4-6-8-10-11-12-14-29-24-33-31(34-25(29)3)28-17-15-26(16-18-28)27-19-21-30(22-20-27)32-23-13-9-7-5-2/h15-22,25,29,31H,4-14,23-24H2,1-3H3/t25-,29+,31+/m0/s1. The highest BCUT2D eigenvalue weighted by atomic mass is 16.7. The summed E-state index contributed by atoms with van der Waals surface area (Å²) in [5.41, 5.74) is 3.49. The van der Waals surface area contributed by atoms with Gasteiger partial charge in [0.1, 0.15) is 5.75 Å². The summed E-state index contributed by atoms with van der Waals surface area (Å²) < 4.78 is 18.3. The highest BCUT2D eigenvalue weighted by molar-refractivity contribution is 5.64. The molecular formula is C31H46O3. The lowest BCUT2D eigenvalue weighted by Gasteiger charge is -2.35. The molecule has 0 unspecified atom stereocenters. The number of benzene rings is 2. The summed E-state index contributed by atoms with van der Waals surface area (Å²) in [6.07, 6.45) is 14.1. The summed E-state index contributed by atoms with van der Waals surface area (Å²) in [5.74, 6) is 1.46. The number of ether oxygens (including phenoxy) is 3. The maximum Gasteiger partial charge on any atom is 0.184 e. The Labute approximate surface area is 208 Å². The predicted octanol–water partition coefficient (Wildman–Crippen LogP) is 9.11. The van der Waals surface area contributed by atoms with Crippen molar-refractivity contribution < 1.29 is 14.2 Å². The van der Waals surface area contributed by atoms with Gasteiger partial charge in [-0.05, 0) is 43.0 Å². The van der Waals surface area contributed by atoms with E-state index in [0.717, 1.165) is 30.9 Å². The minimum Gasteiger partial charge on any atom is -0.494 e. The van der Waals surface area contributed by atoms with E-state index in [9.17, 15) is 0 Å². The van der Waals surface area contributed by atoms with Gasteiger partial charge in [-0.3, -0.25) is 0 Å². The Morgan fingerprint density at radius 2 is 1.32 bits per heavy atom. The van der Waals surface area contributed by atoms with Crippen LogP contribution in [0.3, 0.4) is 0 Å². The van der Waals surface area contributed by atoms with Crippen LogP contribution < -0.4 is 4.74 Å². The van der Waals surface area contributed by atoms with Crippen LogP contribution in [0.5, 0.6) is 5.75 Å². The van der Waals surface area contributed by atoms with Gasteiger partial charge in [0.25, 0.3) is 0 Å². The molecule has 0 radical (unpaired) electrons. The summed E-state index contributed by atoms with van der Waals surface area (Å²) in [6, 6.07) is 17.0. The molecule has 0 saturated carbocycles. The molecule has 3 rings (SSSR count). The molecule has 188 valence electrons. The Hall–Kier alpha value is -1.84. The molecule has 3 nitrogen and oxygen atoms in total. The molecule has 1 aliphatic rings. The van der Waals surface area contributed by atoms with E-state index in [2.05, 4.69) is 69.3 Å². The normalized spacial score (nSPS) is 20.4. The van der Waals surface area contributed by atoms with Gasteiger partial charge in [0.2, 0.25) is 0 Å². The first kappa shape index (κ1) is 26.8. The van der Waals surface area contributed by atoms with Gasteiger partial charge in [0, 0.05) is 11.5 Å². The topological polar surface area (TPSA) is 27.7 Å². The van der Waals surface area contributed by atoms with E-state index in [1.807, 2.05) is 0 Å². The van der Waals surface area contributed by atoms with E-state index < -0.39 is 0 Å². The molecule has 0 N–H and O–H groups in total. The van der Waals surface area contributed by atoms with Gasteiger partial charge >= 0.3 is 0 Å². The van der Waals surface area contributed by atoms with E-state index in [4.69, 9.17) is 14.2 Å². The van der Waals surface area contributed by atoms with Gasteiger partial charge < -0.3 is 14.2 Å². The third-order valence-electron chi connectivity index (χ3n) is 7.03. The average molecular weight is 467 g/mol. The smallest absolute Gasteiger partial charge is 0.184 e. The summed E-state index contributed by atoms with van der Waals surface area (Å²) in [6.45, 7) is 8.30. The molecule has 34 heavy (non-hydrogen) atoms. The van der Waals surface area contributed by atoms with Crippen molar-refractivity contribution in [1.29, 1.82) is 0 Å². The summed E-state index contributed by atoms with van der Waals surface area (Å²) in [4.78, 5) is 0. The van der Waals surface area contributed by atoms with Crippen LogP contribution in [0, 0.1) is 5.92 Å². The predicted molar refractivity (Wildman–Crippen MR) is 142 cm³/mol. The molecule has 0 spiro atoms. The molecular weight excluding hydrogens is 420 g/mol. The number of unbranched alkanes of at least 4 members (excludes halogenated alkanes) is 8. The van der Waals surface area contributed by atoms with E-state index in [1.165, 1.54) is 75.3 Å². The highest BCUT2D eigenvalue weighted by Gasteiger charge is 2.29. The molecule has 1 fully saturated rings. The zero-order valence-electron chi connectivity index (χ0n) is 21.8.